The van der Waals surface area contributed by atoms with Crippen LogP contribution in [0.15, 0.2) is 71.7 Å². The lowest BCUT2D eigenvalue weighted by atomic mass is 9.70. The van der Waals surface area contributed by atoms with Gasteiger partial charge in [0.1, 0.15) is 23.9 Å². The molecule has 3 aromatic carbocycles. The van der Waals surface area contributed by atoms with Crippen LogP contribution in [0.25, 0.3) is 6.08 Å². The minimum absolute atomic E-state index is 0.492. The van der Waals surface area contributed by atoms with Crippen molar-refractivity contribution >= 4 is 18.0 Å². The second-order valence-electron chi connectivity index (χ2n) is 7.11. The Morgan fingerprint density at radius 2 is 1.45 bits per heavy atom. The lowest BCUT2D eigenvalue weighted by Gasteiger charge is -2.30. The monoisotopic (exact) mass is 383 g/mol. The van der Waals surface area contributed by atoms with Crippen molar-refractivity contribution in [2.24, 2.45) is 4.99 Å². The molecule has 0 atom stereocenters. The van der Waals surface area contributed by atoms with Crippen molar-refractivity contribution in [1.82, 2.24) is 0 Å². The number of aliphatic imine (C=N–C) groups is 1. The number of hydrogen-bond donors (Lipinski definition) is 0. The summed E-state index contributed by atoms with van der Waals surface area (Å²) < 4.78 is 16.5. The quantitative estimate of drug-likeness (QED) is 0.625. The molecule has 0 radical (unpaired) electrons. The molecular formula is C25H21NO3. The Morgan fingerprint density at radius 3 is 2.03 bits per heavy atom. The van der Waals surface area contributed by atoms with E-state index >= 15 is 0 Å². The van der Waals surface area contributed by atoms with Gasteiger partial charge in [-0.2, -0.15) is 0 Å². The van der Waals surface area contributed by atoms with Crippen molar-refractivity contribution in [1.29, 1.82) is 0 Å². The van der Waals surface area contributed by atoms with Crippen LogP contribution < -0.4 is 14.2 Å². The summed E-state index contributed by atoms with van der Waals surface area (Å²) in [7, 11) is 3.36. The van der Waals surface area contributed by atoms with Crippen LogP contribution in [0.4, 0.5) is 5.69 Å². The Bertz CT molecular complexity index is 1060. The largest absolute Gasteiger partial charge is 0.497 e. The molecule has 4 nitrogen and oxygen atoms in total. The highest BCUT2D eigenvalue weighted by Gasteiger charge is 2.41. The smallest absolute Gasteiger partial charge is 0.129 e. The molecule has 0 saturated carbocycles. The molecule has 0 aromatic heterocycles. The van der Waals surface area contributed by atoms with Crippen molar-refractivity contribution in [3.05, 3.63) is 89.0 Å². The fourth-order valence-electron chi connectivity index (χ4n) is 4.20. The van der Waals surface area contributed by atoms with Gasteiger partial charge in [0.2, 0.25) is 0 Å². The number of fused-ring (bicyclic) bond motifs is 3. The minimum Gasteiger partial charge on any atom is -0.497 e. The molecule has 3 aromatic rings. The summed E-state index contributed by atoms with van der Waals surface area (Å²) in [6.45, 7) is 0.595. The van der Waals surface area contributed by atoms with E-state index in [1.54, 1.807) is 14.2 Å². The third kappa shape index (κ3) is 2.64. The van der Waals surface area contributed by atoms with E-state index in [9.17, 15) is 0 Å². The summed E-state index contributed by atoms with van der Waals surface area (Å²) in [6, 6.07) is 20.6. The molecule has 2 aliphatic rings. The zero-order chi connectivity index (χ0) is 19.8. The van der Waals surface area contributed by atoms with E-state index in [0.29, 0.717) is 6.61 Å². The van der Waals surface area contributed by atoms with Crippen molar-refractivity contribution in [3.8, 4) is 17.2 Å². The van der Waals surface area contributed by atoms with Gasteiger partial charge in [-0.05, 0) is 59.2 Å². The van der Waals surface area contributed by atoms with Crippen LogP contribution in [0.2, 0.25) is 0 Å². The number of ether oxygens (including phenoxy) is 3. The molecule has 0 aliphatic carbocycles. The first-order valence-corrected chi connectivity index (χ1v) is 9.57. The lowest BCUT2D eigenvalue weighted by Crippen LogP contribution is -2.29. The number of hydrogen-bond acceptors (Lipinski definition) is 4. The van der Waals surface area contributed by atoms with Crippen LogP contribution in [-0.4, -0.2) is 27.0 Å². The second-order valence-corrected chi connectivity index (χ2v) is 7.11. The van der Waals surface area contributed by atoms with Crippen molar-refractivity contribution in [3.63, 3.8) is 0 Å². The highest BCUT2D eigenvalue weighted by Crippen LogP contribution is 2.50. The third-order valence-corrected chi connectivity index (χ3v) is 5.70. The van der Waals surface area contributed by atoms with Crippen LogP contribution >= 0.6 is 0 Å². The summed E-state index contributed by atoms with van der Waals surface area (Å²) in [5.74, 6) is 2.54. The van der Waals surface area contributed by atoms with E-state index in [-0.39, 0.29) is 0 Å². The number of rotatable bonds is 4. The third-order valence-electron chi connectivity index (χ3n) is 5.70. The van der Waals surface area contributed by atoms with E-state index in [1.807, 2.05) is 42.6 Å². The van der Waals surface area contributed by atoms with Gasteiger partial charge >= 0.3 is 0 Å². The molecule has 0 fully saturated rings. The molecule has 0 bridgehead atoms. The molecule has 0 N–H and O–H groups in total. The van der Waals surface area contributed by atoms with Gasteiger partial charge in [-0.3, -0.25) is 4.99 Å². The topological polar surface area (TPSA) is 40.0 Å². The van der Waals surface area contributed by atoms with Gasteiger partial charge in [0.15, 0.2) is 0 Å². The van der Waals surface area contributed by atoms with Gasteiger partial charge in [-0.15, -0.1) is 0 Å². The Hall–Kier alpha value is -3.53. The van der Waals surface area contributed by atoms with Gasteiger partial charge in [0.05, 0.1) is 25.3 Å². The number of nitrogens with zero attached hydrogens (tertiary/aromatic N) is 1. The van der Waals surface area contributed by atoms with Crippen LogP contribution in [0.1, 0.15) is 22.3 Å². The average Bonchev–Trinajstić information content (AvgIpc) is 3.20. The zero-order valence-corrected chi connectivity index (χ0v) is 16.4. The maximum Gasteiger partial charge on any atom is 0.129 e. The Morgan fingerprint density at radius 1 is 0.828 bits per heavy atom. The standard InChI is InChI=1S/C25H21NO3/c1-27-19-9-5-17(6-10-19)25(18-7-11-20(28-2)12-8-18)16-26-24-21-4-3-15-29-23(21)14-13-22(24)25/h3-14,16H,15H2,1-2H3. The highest BCUT2D eigenvalue weighted by atomic mass is 16.5. The highest BCUT2D eigenvalue weighted by molar-refractivity contribution is 5.96. The van der Waals surface area contributed by atoms with Gasteiger partial charge < -0.3 is 14.2 Å². The average molecular weight is 383 g/mol. The van der Waals surface area contributed by atoms with Gasteiger partial charge in [0.25, 0.3) is 0 Å². The SMILES string of the molecule is COc1ccc(C2(c3ccc(OC)cc3)C=Nc3c2ccc2c3C=CCO2)cc1. The van der Waals surface area contributed by atoms with Crippen LogP contribution in [-0.2, 0) is 5.41 Å². The molecule has 29 heavy (non-hydrogen) atoms. The minimum atomic E-state index is -0.492. The Labute approximate surface area is 170 Å². The Kier molecular flexibility index (Phi) is 4.13. The van der Waals surface area contributed by atoms with Crippen LogP contribution in [0.3, 0.4) is 0 Å². The maximum atomic E-state index is 5.80. The van der Waals surface area contributed by atoms with E-state index in [0.717, 1.165) is 45.2 Å². The van der Waals surface area contributed by atoms with Crippen LogP contribution in [0.5, 0.6) is 17.2 Å². The molecule has 2 heterocycles. The van der Waals surface area contributed by atoms with E-state index in [4.69, 9.17) is 19.2 Å². The molecule has 0 saturated heterocycles. The van der Waals surface area contributed by atoms with Crippen LogP contribution in [0, 0.1) is 0 Å². The first-order valence-electron chi connectivity index (χ1n) is 9.57. The number of benzene rings is 3. The molecule has 0 spiro atoms. The molecule has 2 aliphatic heterocycles. The molecule has 0 amide bonds. The fraction of sp³-hybridized carbons (Fsp3) is 0.160. The summed E-state index contributed by atoms with van der Waals surface area (Å²) in [5, 5.41) is 0. The first-order chi connectivity index (χ1) is 14.3. The predicted molar refractivity (Wildman–Crippen MR) is 115 cm³/mol. The van der Waals surface area contributed by atoms with Gasteiger partial charge in [-0.25, -0.2) is 0 Å². The summed E-state index contributed by atoms with van der Waals surface area (Å²) in [4.78, 5) is 4.89. The maximum absolute atomic E-state index is 5.80. The first kappa shape index (κ1) is 17.6. The van der Waals surface area contributed by atoms with Crippen molar-refractivity contribution in [2.75, 3.05) is 20.8 Å². The fourth-order valence-corrected chi connectivity index (χ4v) is 4.20. The zero-order valence-electron chi connectivity index (χ0n) is 16.4. The summed E-state index contributed by atoms with van der Waals surface area (Å²) >= 11 is 0. The molecule has 4 heteroatoms. The summed E-state index contributed by atoms with van der Waals surface area (Å²) in [6.07, 6.45) is 6.18. The molecular weight excluding hydrogens is 362 g/mol. The molecule has 5 rings (SSSR count). The number of methoxy groups -OCH3 is 2. The normalized spacial score (nSPS) is 15.4. The van der Waals surface area contributed by atoms with Crippen molar-refractivity contribution in [2.45, 2.75) is 5.41 Å². The Balaban J connectivity index is 1.75. The van der Waals surface area contributed by atoms with Crippen molar-refractivity contribution < 1.29 is 14.2 Å². The molecule has 0 unspecified atom stereocenters. The van der Waals surface area contributed by atoms with E-state index in [2.05, 4.69) is 36.4 Å². The molecule has 144 valence electrons. The van der Waals surface area contributed by atoms with Gasteiger partial charge in [-0.1, -0.05) is 30.3 Å². The second kappa shape index (κ2) is 6.82. The lowest BCUT2D eigenvalue weighted by molar-refractivity contribution is 0.358. The van der Waals surface area contributed by atoms with Gasteiger partial charge in [0, 0.05) is 11.8 Å². The summed E-state index contributed by atoms with van der Waals surface area (Å²) in [5.41, 5.74) is 4.91. The van der Waals surface area contributed by atoms with E-state index in [1.165, 1.54) is 0 Å². The van der Waals surface area contributed by atoms with E-state index < -0.39 is 5.41 Å². The predicted octanol–water partition coefficient (Wildman–Crippen LogP) is 5.16.